The van der Waals surface area contributed by atoms with Crippen LogP contribution in [0.15, 0.2) is 24.3 Å². The van der Waals surface area contributed by atoms with Crippen molar-refractivity contribution in [3.63, 3.8) is 0 Å². The van der Waals surface area contributed by atoms with Crippen molar-refractivity contribution in [2.75, 3.05) is 39.4 Å². The molecule has 8 heteroatoms. The molecule has 1 N–H and O–H groups in total. The molecule has 4 rings (SSSR count). The number of likely N-dealkylation sites (tertiary alicyclic amines) is 1. The molecular formula is C21H27N3O5. The molecule has 2 atom stereocenters. The van der Waals surface area contributed by atoms with Crippen LogP contribution in [-0.2, 0) is 14.3 Å². The zero-order valence-corrected chi connectivity index (χ0v) is 16.7. The molecule has 0 aliphatic carbocycles. The van der Waals surface area contributed by atoms with Gasteiger partial charge < -0.3 is 24.6 Å². The molecule has 0 radical (unpaired) electrons. The van der Waals surface area contributed by atoms with E-state index in [0.717, 1.165) is 0 Å². The molecule has 2 unspecified atom stereocenters. The second-order valence-electron chi connectivity index (χ2n) is 7.91. The first kappa shape index (κ1) is 19.7. The van der Waals surface area contributed by atoms with Crippen LogP contribution in [0.4, 0.5) is 0 Å². The topological polar surface area (TPSA) is 88.2 Å². The van der Waals surface area contributed by atoms with Gasteiger partial charge in [0.25, 0.3) is 5.91 Å². The highest BCUT2D eigenvalue weighted by atomic mass is 16.5. The van der Waals surface area contributed by atoms with Crippen LogP contribution in [-0.4, -0.2) is 78.6 Å². The average Bonchev–Trinajstić information content (AvgIpc) is 3.00. The van der Waals surface area contributed by atoms with Crippen LogP contribution in [0.5, 0.6) is 5.75 Å². The number of carbonyl (C=O) groups is 3. The quantitative estimate of drug-likeness (QED) is 0.792. The Morgan fingerprint density at radius 3 is 2.69 bits per heavy atom. The number of ether oxygens (including phenoxy) is 2. The molecule has 156 valence electrons. The Balaban J connectivity index is 1.50. The number of amides is 3. The molecule has 2 fully saturated rings. The Labute approximate surface area is 170 Å². The third-order valence-corrected chi connectivity index (χ3v) is 6.10. The summed E-state index contributed by atoms with van der Waals surface area (Å²) in [6, 6.07) is 6.64. The second-order valence-corrected chi connectivity index (χ2v) is 7.91. The minimum absolute atomic E-state index is 0.0435. The summed E-state index contributed by atoms with van der Waals surface area (Å²) in [5, 5.41) is 2.94. The summed E-state index contributed by atoms with van der Waals surface area (Å²) in [6.07, 6.45) is 1.32. The Morgan fingerprint density at radius 2 is 1.90 bits per heavy atom. The van der Waals surface area contributed by atoms with E-state index in [2.05, 4.69) is 5.32 Å². The lowest BCUT2D eigenvalue weighted by Crippen LogP contribution is -2.52. The number of para-hydroxylation sites is 1. The molecule has 8 nitrogen and oxygen atoms in total. The maximum Gasteiger partial charge on any atom is 0.255 e. The Bertz CT molecular complexity index is 807. The molecule has 29 heavy (non-hydrogen) atoms. The van der Waals surface area contributed by atoms with E-state index in [9.17, 15) is 14.4 Å². The van der Waals surface area contributed by atoms with Gasteiger partial charge >= 0.3 is 0 Å². The van der Waals surface area contributed by atoms with E-state index < -0.39 is 11.6 Å². The van der Waals surface area contributed by atoms with Crippen LogP contribution < -0.4 is 10.1 Å². The summed E-state index contributed by atoms with van der Waals surface area (Å²) >= 11 is 0. The van der Waals surface area contributed by atoms with Gasteiger partial charge in [-0.2, -0.15) is 0 Å². The Morgan fingerprint density at radius 1 is 1.14 bits per heavy atom. The summed E-state index contributed by atoms with van der Waals surface area (Å²) in [5.41, 5.74) is -0.151. The molecular weight excluding hydrogens is 374 g/mol. The van der Waals surface area contributed by atoms with Gasteiger partial charge in [0.05, 0.1) is 25.3 Å². The normalized spacial score (nSPS) is 26.1. The number of fused-ring (bicyclic) bond motifs is 1. The van der Waals surface area contributed by atoms with Gasteiger partial charge in [-0.15, -0.1) is 0 Å². The van der Waals surface area contributed by atoms with Crippen molar-refractivity contribution >= 4 is 17.7 Å². The molecule has 3 aliphatic heterocycles. The molecule has 1 aromatic carbocycles. The molecule has 2 saturated heterocycles. The predicted molar refractivity (Wildman–Crippen MR) is 105 cm³/mol. The van der Waals surface area contributed by atoms with E-state index in [1.807, 2.05) is 6.07 Å². The Kier molecular flexibility index (Phi) is 5.45. The minimum atomic E-state index is -0.658. The highest BCUT2D eigenvalue weighted by molar-refractivity contribution is 5.97. The number of nitrogens with one attached hydrogen (secondary N) is 1. The largest absolute Gasteiger partial charge is 0.485 e. The average molecular weight is 401 g/mol. The molecule has 1 spiro atoms. The van der Waals surface area contributed by atoms with E-state index in [4.69, 9.17) is 9.47 Å². The van der Waals surface area contributed by atoms with Crippen molar-refractivity contribution in [3.05, 3.63) is 29.8 Å². The van der Waals surface area contributed by atoms with Crippen molar-refractivity contribution in [1.29, 1.82) is 0 Å². The second kappa shape index (κ2) is 8.02. The highest BCUT2D eigenvalue weighted by Gasteiger charge is 2.42. The Hall–Kier alpha value is -2.61. The molecule has 3 aliphatic rings. The van der Waals surface area contributed by atoms with Crippen molar-refractivity contribution in [1.82, 2.24) is 15.1 Å². The summed E-state index contributed by atoms with van der Waals surface area (Å²) in [6.45, 7) is 4.72. The maximum atomic E-state index is 12.9. The minimum Gasteiger partial charge on any atom is -0.485 e. The van der Waals surface area contributed by atoms with Gasteiger partial charge in [-0.1, -0.05) is 12.1 Å². The summed E-state index contributed by atoms with van der Waals surface area (Å²) in [5.74, 6) is 0.281. The molecule has 0 saturated carbocycles. The number of hydrogen-bond acceptors (Lipinski definition) is 5. The van der Waals surface area contributed by atoms with Gasteiger partial charge in [0.15, 0.2) is 0 Å². The zero-order valence-electron chi connectivity index (χ0n) is 16.7. The van der Waals surface area contributed by atoms with Gasteiger partial charge in [-0.25, -0.2) is 0 Å². The van der Waals surface area contributed by atoms with E-state index >= 15 is 0 Å². The van der Waals surface area contributed by atoms with Crippen LogP contribution in [0.2, 0.25) is 0 Å². The van der Waals surface area contributed by atoms with Crippen LogP contribution in [0.3, 0.4) is 0 Å². The van der Waals surface area contributed by atoms with Crippen LogP contribution in [0.25, 0.3) is 0 Å². The number of hydrogen-bond donors (Lipinski definition) is 1. The van der Waals surface area contributed by atoms with Gasteiger partial charge in [-0.3, -0.25) is 14.4 Å². The third kappa shape index (κ3) is 3.94. The lowest BCUT2D eigenvalue weighted by molar-refractivity contribution is -0.147. The third-order valence-electron chi connectivity index (χ3n) is 6.10. The fourth-order valence-electron chi connectivity index (χ4n) is 4.27. The summed E-state index contributed by atoms with van der Waals surface area (Å²) < 4.78 is 11.6. The lowest BCUT2D eigenvalue weighted by Gasteiger charge is -2.35. The maximum absolute atomic E-state index is 12.9. The first-order valence-electron chi connectivity index (χ1n) is 10.2. The monoisotopic (exact) mass is 401 g/mol. The van der Waals surface area contributed by atoms with Crippen molar-refractivity contribution in [2.24, 2.45) is 0 Å². The van der Waals surface area contributed by atoms with Crippen LogP contribution >= 0.6 is 0 Å². The number of carbonyl (C=O) groups excluding carboxylic acids is 3. The van der Waals surface area contributed by atoms with E-state index in [-0.39, 0.29) is 24.1 Å². The van der Waals surface area contributed by atoms with Gasteiger partial charge in [-0.05, 0) is 25.5 Å². The SMILES string of the molecule is CC(C(=O)N1CCOCC1)N1CCC2(CCC1=O)CNC(=O)c1ccccc1O2. The molecule has 0 aromatic heterocycles. The van der Waals surface area contributed by atoms with E-state index in [1.165, 1.54) is 0 Å². The first-order valence-corrected chi connectivity index (χ1v) is 10.2. The standard InChI is InChI=1S/C21H27N3O5/c1-15(20(27)23-10-12-28-13-11-23)24-9-8-21(7-6-18(24)25)14-22-19(26)16-4-2-3-5-17(16)29-21/h2-5,15H,6-14H2,1H3,(H,22,26). The van der Waals surface area contributed by atoms with Crippen molar-refractivity contribution < 1.29 is 23.9 Å². The summed E-state index contributed by atoms with van der Waals surface area (Å²) in [7, 11) is 0. The number of benzene rings is 1. The first-order chi connectivity index (χ1) is 14.0. The summed E-state index contributed by atoms with van der Waals surface area (Å²) in [4.78, 5) is 41.5. The van der Waals surface area contributed by atoms with Crippen molar-refractivity contribution in [2.45, 2.75) is 37.8 Å². The molecule has 0 bridgehead atoms. The molecule has 3 heterocycles. The van der Waals surface area contributed by atoms with Gasteiger partial charge in [0.1, 0.15) is 17.4 Å². The van der Waals surface area contributed by atoms with Crippen LogP contribution in [0, 0.1) is 0 Å². The number of rotatable bonds is 2. The van der Waals surface area contributed by atoms with Crippen LogP contribution in [0.1, 0.15) is 36.5 Å². The van der Waals surface area contributed by atoms with Crippen molar-refractivity contribution in [3.8, 4) is 5.75 Å². The number of nitrogens with zero attached hydrogens (tertiary/aromatic N) is 2. The highest BCUT2D eigenvalue weighted by Crippen LogP contribution is 2.33. The predicted octanol–water partition coefficient (Wildman–Crippen LogP) is 0.807. The van der Waals surface area contributed by atoms with Gasteiger partial charge in [0, 0.05) is 32.5 Å². The smallest absolute Gasteiger partial charge is 0.255 e. The molecule has 3 amide bonds. The van der Waals surface area contributed by atoms with E-state index in [1.54, 1.807) is 34.9 Å². The lowest BCUT2D eigenvalue weighted by atomic mass is 9.94. The fourth-order valence-corrected chi connectivity index (χ4v) is 4.27. The zero-order chi connectivity index (χ0) is 20.4. The van der Waals surface area contributed by atoms with Gasteiger partial charge in [0.2, 0.25) is 11.8 Å². The fraction of sp³-hybridized carbons (Fsp3) is 0.571. The number of morpholine rings is 1. The molecule has 1 aromatic rings. The van der Waals surface area contributed by atoms with E-state index in [0.29, 0.717) is 63.5 Å².